The maximum absolute atomic E-state index is 11.6. The van der Waals surface area contributed by atoms with E-state index >= 15 is 0 Å². The monoisotopic (exact) mass is 276 g/mol. The molecule has 112 valence electrons. The number of hydrogen-bond donors (Lipinski definition) is 0. The van der Waals surface area contributed by atoms with E-state index in [2.05, 4.69) is 13.8 Å². The molecule has 0 aromatic carbocycles. The number of esters is 1. The fourth-order valence-corrected chi connectivity index (χ4v) is 6.54. The SMILES string of the molecule is C[C@@]12CCC[C@H]1[C@@H]1CCC3OC(=O)CC[C@]3(C)[C@H]1CC2. The highest BCUT2D eigenvalue weighted by Crippen LogP contribution is 2.64. The van der Waals surface area contributed by atoms with Crippen molar-refractivity contribution in [3.05, 3.63) is 0 Å². The molecule has 0 aromatic heterocycles. The van der Waals surface area contributed by atoms with Crippen molar-refractivity contribution in [2.45, 2.75) is 77.7 Å². The van der Waals surface area contributed by atoms with Crippen LogP contribution in [0.3, 0.4) is 0 Å². The lowest BCUT2D eigenvalue weighted by Gasteiger charge is -2.58. The molecule has 1 heterocycles. The minimum absolute atomic E-state index is 0.0486. The third-order valence-electron chi connectivity index (χ3n) is 7.70. The molecule has 0 bridgehead atoms. The molecule has 1 unspecified atom stereocenters. The Morgan fingerprint density at radius 2 is 1.85 bits per heavy atom. The Balaban J connectivity index is 1.64. The lowest BCUT2D eigenvalue weighted by atomic mass is 9.48. The van der Waals surface area contributed by atoms with Gasteiger partial charge in [-0.05, 0) is 68.1 Å². The number of ether oxygens (including phenoxy) is 1. The van der Waals surface area contributed by atoms with Crippen LogP contribution >= 0.6 is 0 Å². The van der Waals surface area contributed by atoms with Crippen LogP contribution in [0.4, 0.5) is 0 Å². The van der Waals surface area contributed by atoms with Crippen molar-refractivity contribution in [2.75, 3.05) is 0 Å². The Labute approximate surface area is 122 Å². The van der Waals surface area contributed by atoms with Crippen LogP contribution < -0.4 is 0 Å². The summed E-state index contributed by atoms with van der Waals surface area (Å²) < 4.78 is 5.74. The highest BCUT2D eigenvalue weighted by molar-refractivity contribution is 5.70. The Bertz CT molecular complexity index is 431. The normalized spacial score (nSPS) is 54.6. The lowest BCUT2D eigenvalue weighted by molar-refractivity contribution is -0.190. The second-order valence-corrected chi connectivity index (χ2v) is 8.52. The third kappa shape index (κ3) is 1.66. The van der Waals surface area contributed by atoms with E-state index in [1.165, 1.54) is 38.5 Å². The summed E-state index contributed by atoms with van der Waals surface area (Å²) in [6.45, 7) is 4.98. The van der Waals surface area contributed by atoms with E-state index in [0.29, 0.717) is 11.8 Å². The van der Waals surface area contributed by atoms with Gasteiger partial charge in [0.25, 0.3) is 0 Å². The van der Waals surface area contributed by atoms with Crippen molar-refractivity contribution < 1.29 is 9.53 Å². The van der Waals surface area contributed by atoms with Crippen molar-refractivity contribution in [1.29, 1.82) is 0 Å². The minimum Gasteiger partial charge on any atom is -0.462 e. The fourth-order valence-electron chi connectivity index (χ4n) is 6.54. The summed E-state index contributed by atoms with van der Waals surface area (Å²) in [4.78, 5) is 11.6. The van der Waals surface area contributed by atoms with Gasteiger partial charge in [0, 0.05) is 11.8 Å². The van der Waals surface area contributed by atoms with Gasteiger partial charge in [-0.2, -0.15) is 0 Å². The Morgan fingerprint density at radius 1 is 1.00 bits per heavy atom. The first-order valence-corrected chi connectivity index (χ1v) is 8.72. The summed E-state index contributed by atoms with van der Waals surface area (Å²) in [5.41, 5.74) is 0.913. The quantitative estimate of drug-likeness (QED) is 0.616. The van der Waals surface area contributed by atoms with Crippen molar-refractivity contribution in [3.63, 3.8) is 0 Å². The zero-order valence-corrected chi connectivity index (χ0v) is 13.0. The van der Waals surface area contributed by atoms with Crippen molar-refractivity contribution in [1.82, 2.24) is 0 Å². The molecular formula is C18H28O2. The van der Waals surface area contributed by atoms with Crippen molar-refractivity contribution in [3.8, 4) is 0 Å². The first-order valence-electron chi connectivity index (χ1n) is 8.72. The fraction of sp³-hybridized carbons (Fsp3) is 0.944. The topological polar surface area (TPSA) is 26.3 Å². The van der Waals surface area contributed by atoms with E-state index in [0.717, 1.165) is 30.6 Å². The molecule has 6 atom stereocenters. The van der Waals surface area contributed by atoms with Crippen LogP contribution in [0.5, 0.6) is 0 Å². The van der Waals surface area contributed by atoms with Gasteiger partial charge in [0.1, 0.15) is 6.10 Å². The maximum atomic E-state index is 11.6. The van der Waals surface area contributed by atoms with E-state index in [-0.39, 0.29) is 17.5 Å². The summed E-state index contributed by atoms with van der Waals surface area (Å²) in [5, 5.41) is 0. The molecule has 0 aromatic rings. The molecule has 20 heavy (non-hydrogen) atoms. The molecule has 0 N–H and O–H groups in total. The van der Waals surface area contributed by atoms with Gasteiger partial charge in [-0.25, -0.2) is 0 Å². The van der Waals surface area contributed by atoms with Gasteiger partial charge in [-0.1, -0.05) is 20.3 Å². The zero-order chi connectivity index (χ0) is 14.0. The number of carbonyl (C=O) groups is 1. The average molecular weight is 276 g/mol. The number of hydrogen-bond acceptors (Lipinski definition) is 2. The molecule has 0 amide bonds. The van der Waals surface area contributed by atoms with E-state index < -0.39 is 0 Å². The van der Waals surface area contributed by atoms with Gasteiger partial charge in [0.2, 0.25) is 0 Å². The van der Waals surface area contributed by atoms with Gasteiger partial charge in [-0.3, -0.25) is 4.79 Å². The van der Waals surface area contributed by atoms with Gasteiger partial charge in [0.15, 0.2) is 0 Å². The van der Waals surface area contributed by atoms with Crippen LogP contribution in [0.1, 0.15) is 71.6 Å². The van der Waals surface area contributed by atoms with Crippen LogP contribution in [-0.2, 0) is 9.53 Å². The van der Waals surface area contributed by atoms with Gasteiger partial charge in [0.05, 0.1) is 0 Å². The average Bonchev–Trinajstić information content (AvgIpc) is 2.81. The van der Waals surface area contributed by atoms with Crippen LogP contribution in [0.2, 0.25) is 0 Å². The molecule has 2 heteroatoms. The Kier molecular flexibility index (Phi) is 2.79. The van der Waals surface area contributed by atoms with Crippen LogP contribution in [-0.4, -0.2) is 12.1 Å². The van der Waals surface area contributed by atoms with Crippen LogP contribution in [0, 0.1) is 28.6 Å². The molecule has 4 aliphatic rings. The summed E-state index contributed by atoms with van der Waals surface area (Å²) in [7, 11) is 0. The number of carbonyl (C=O) groups excluding carboxylic acids is 1. The molecule has 2 nitrogen and oxygen atoms in total. The Hall–Kier alpha value is -0.530. The van der Waals surface area contributed by atoms with Crippen molar-refractivity contribution >= 4 is 5.97 Å². The molecule has 3 saturated carbocycles. The van der Waals surface area contributed by atoms with Gasteiger partial charge >= 0.3 is 5.97 Å². The molecule has 1 aliphatic heterocycles. The second-order valence-electron chi connectivity index (χ2n) is 8.52. The molecule has 1 saturated heterocycles. The molecular weight excluding hydrogens is 248 g/mol. The van der Waals surface area contributed by atoms with E-state index in [9.17, 15) is 4.79 Å². The lowest BCUT2D eigenvalue weighted by Crippen LogP contribution is -2.55. The molecule has 4 fully saturated rings. The highest BCUT2D eigenvalue weighted by atomic mass is 16.5. The first-order chi connectivity index (χ1) is 9.53. The molecule has 0 radical (unpaired) electrons. The van der Waals surface area contributed by atoms with Gasteiger partial charge in [-0.15, -0.1) is 0 Å². The largest absolute Gasteiger partial charge is 0.462 e. The molecule has 4 rings (SSSR count). The maximum Gasteiger partial charge on any atom is 0.306 e. The summed E-state index contributed by atoms with van der Waals surface area (Å²) in [5.74, 6) is 2.73. The van der Waals surface area contributed by atoms with Crippen LogP contribution in [0.15, 0.2) is 0 Å². The summed E-state index contributed by atoms with van der Waals surface area (Å²) in [6, 6.07) is 0. The first kappa shape index (κ1) is 13.2. The highest BCUT2D eigenvalue weighted by Gasteiger charge is 2.58. The Morgan fingerprint density at radius 3 is 2.70 bits per heavy atom. The minimum atomic E-state index is 0.0486. The zero-order valence-electron chi connectivity index (χ0n) is 13.0. The van der Waals surface area contributed by atoms with Gasteiger partial charge < -0.3 is 4.74 Å². The molecule has 0 spiro atoms. The number of fused-ring (bicyclic) bond motifs is 5. The van der Waals surface area contributed by atoms with Crippen LogP contribution in [0.25, 0.3) is 0 Å². The third-order valence-corrected chi connectivity index (χ3v) is 7.70. The van der Waals surface area contributed by atoms with E-state index in [1.54, 1.807) is 0 Å². The number of rotatable bonds is 0. The second kappa shape index (κ2) is 4.24. The van der Waals surface area contributed by atoms with Crippen molar-refractivity contribution in [2.24, 2.45) is 28.6 Å². The van der Waals surface area contributed by atoms with E-state index in [1.807, 2.05) is 0 Å². The summed E-state index contributed by atoms with van der Waals surface area (Å²) in [6.07, 6.45) is 11.5. The van der Waals surface area contributed by atoms with E-state index in [4.69, 9.17) is 4.74 Å². The standard InChI is InChI=1S/C18H28O2/c1-17-9-3-4-13(17)12-5-6-15-18(2,14(12)7-10-17)11-8-16(19)20-15/h12-15H,3-11H2,1-2H3/t12-,13-,14-,15?,17-,18+/m0/s1. The predicted octanol–water partition coefficient (Wildman–Crippen LogP) is 4.32. The molecule has 3 aliphatic carbocycles. The smallest absolute Gasteiger partial charge is 0.306 e. The summed E-state index contributed by atoms with van der Waals surface area (Å²) >= 11 is 0. The predicted molar refractivity (Wildman–Crippen MR) is 78.1 cm³/mol.